The standard InChI is InChI=1S/C17H20N2O2/c18-10-9-12-5-7-13(8-6-12)11-19-16(20)14-3-1-2-4-15(14)17(19)21/h1-2,5-8,14-15H,3-4,9-11,18H2/t14-,15+. The van der Waals surface area contributed by atoms with Crippen LogP contribution in [0.25, 0.3) is 0 Å². The number of allylic oxidation sites excluding steroid dienone is 2. The number of nitrogens with two attached hydrogens (primary N) is 1. The maximum Gasteiger partial charge on any atom is 0.233 e. The van der Waals surface area contributed by atoms with E-state index in [1.807, 2.05) is 36.4 Å². The van der Waals surface area contributed by atoms with Crippen LogP contribution in [0.3, 0.4) is 0 Å². The minimum Gasteiger partial charge on any atom is -0.330 e. The van der Waals surface area contributed by atoms with E-state index in [4.69, 9.17) is 5.73 Å². The zero-order valence-electron chi connectivity index (χ0n) is 12.0. The average molecular weight is 284 g/mol. The van der Waals surface area contributed by atoms with E-state index in [1.165, 1.54) is 10.5 Å². The van der Waals surface area contributed by atoms with Gasteiger partial charge in [0.25, 0.3) is 0 Å². The normalized spacial score (nSPS) is 24.5. The predicted octanol–water partition coefficient (Wildman–Crippen LogP) is 1.64. The van der Waals surface area contributed by atoms with Crippen LogP contribution in [0, 0.1) is 11.8 Å². The van der Waals surface area contributed by atoms with Crippen LogP contribution >= 0.6 is 0 Å². The monoisotopic (exact) mass is 284 g/mol. The molecular formula is C17H20N2O2. The molecule has 2 aliphatic rings. The van der Waals surface area contributed by atoms with Gasteiger partial charge in [-0.05, 0) is 36.9 Å². The summed E-state index contributed by atoms with van der Waals surface area (Å²) in [5.74, 6) is -0.307. The SMILES string of the molecule is NCCc1ccc(CN2C(=O)[C@H]3CC=CC[C@H]3C2=O)cc1. The van der Waals surface area contributed by atoms with Crippen molar-refractivity contribution in [2.45, 2.75) is 25.8 Å². The third-order valence-corrected chi connectivity index (χ3v) is 4.40. The molecule has 2 amide bonds. The van der Waals surface area contributed by atoms with Gasteiger partial charge in [-0.1, -0.05) is 36.4 Å². The first kappa shape index (κ1) is 14.0. The number of fused-ring (bicyclic) bond motifs is 1. The van der Waals surface area contributed by atoms with Gasteiger partial charge in [-0.2, -0.15) is 0 Å². The summed E-state index contributed by atoms with van der Waals surface area (Å²) in [6.45, 7) is 1.01. The molecule has 3 rings (SSSR count). The van der Waals surface area contributed by atoms with E-state index in [0.717, 1.165) is 12.0 Å². The van der Waals surface area contributed by atoms with E-state index in [-0.39, 0.29) is 23.7 Å². The Morgan fingerprint density at radius 2 is 1.48 bits per heavy atom. The maximum absolute atomic E-state index is 12.4. The van der Waals surface area contributed by atoms with Crippen LogP contribution in [0.2, 0.25) is 0 Å². The molecule has 1 aliphatic carbocycles. The molecule has 2 N–H and O–H groups in total. The zero-order chi connectivity index (χ0) is 14.8. The van der Waals surface area contributed by atoms with Crippen molar-refractivity contribution >= 4 is 11.8 Å². The lowest BCUT2D eigenvalue weighted by atomic mass is 9.85. The van der Waals surface area contributed by atoms with Gasteiger partial charge in [0, 0.05) is 0 Å². The summed E-state index contributed by atoms with van der Waals surface area (Å²) in [6.07, 6.45) is 6.26. The Bertz CT molecular complexity index is 551. The molecule has 21 heavy (non-hydrogen) atoms. The number of likely N-dealkylation sites (tertiary alicyclic amines) is 1. The minimum absolute atomic E-state index is 0.0135. The fourth-order valence-corrected chi connectivity index (χ4v) is 3.19. The Labute approximate surface area is 124 Å². The number of nitrogens with zero attached hydrogens (tertiary/aromatic N) is 1. The van der Waals surface area contributed by atoms with Crippen molar-refractivity contribution in [1.82, 2.24) is 4.90 Å². The number of hydrogen-bond donors (Lipinski definition) is 1. The second-order valence-electron chi connectivity index (χ2n) is 5.77. The van der Waals surface area contributed by atoms with Crippen LogP contribution in [0.5, 0.6) is 0 Å². The molecule has 4 heteroatoms. The molecule has 0 spiro atoms. The number of hydrogen-bond acceptors (Lipinski definition) is 3. The summed E-state index contributed by atoms with van der Waals surface area (Å²) in [4.78, 5) is 26.2. The Morgan fingerprint density at radius 1 is 0.952 bits per heavy atom. The summed E-state index contributed by atoms with van der Waals surface area (Å²) < 4.78 is 0. The summed E-state index contributed by atoms with van der Waals surface area (Å²) in [5.41, 5.74) is 7.70. The van der Waals surface area contributed by atoms with E-state index >= 15 is 0 Å². The van der Waals surface area contributed by atoms with E-state index in [1.54, 1.807) is 0 Å². The van der Waals surface area contributed by atoms with Crippen LogP contribution in [-0.2, 0) is 22.6 Å². The highest BCUT2D eigenvalue weighted by molar-refractivity contribution is 6.05. The molecule has 0 unspecified atom stereocenters. The molecule has 110 valence electrons. The summed E-state index contributed by atoms with van der Waals surface area (Å²) >= 11 is 0. The molecule has 0 saturated carbocycles. The van der Waals surface area contributed by atoms with E-state index < -0.39 is 0 Å². The largest absolute Gasteiger partial charge is 0.330 e. The maximum atomic E-state index is 12.4. The molecule has 1 aliphatic heterocycles. The number of rotatable bonds is 4. The topological polar surface area (TPSA) is 63.4 Å². The number of carbonyl (C=O) groups is 2. The fourth-order valence-electron chi connectivity index (χ4n) is 3.19. The van der Waals surface area contributed by atoms with Gasteiger partial charge in [-0.15, -0.1) is 0 Å². The Morgan fingerprint density at radius 3 is 2.00 bits per heavy atom. The van der Waals surface area contributed by atoms with Crippen molar-refractivity contribution in [3.63, 3.8) is 0 Å². The number of imide groups is 1. The van der Waals surface area contributed by atoms with Crippen molar-refractivity contribution in [3.8, 4) is 0 Å². The highest BCUT2D eigenvalue weighted by Crippen LogP contribution is 2.35. The second kappa shape index (κ2) is 5.82. The van der Waals surface area contributed by atoms with Crippen molar-refractivity contribution < 1.29 is 9.59 Å². The van der Waals surface area contributed by atoms with Gasteiger partial charge in [0.2, 0.25) is 11.8 Å². The van der Waals surface area contributed by atoms with Gasteiger partial charge in [-0.3, -0.25) is 14.5 Å². The van der Waals surface area contributed by atoms with Crippen LogP contribution in [0.15, 0.2) is 36.4 Å². The molecule has 2 atom stereocenters. The van der Waals surface area contributed by atoms with E-state index in [9.17, 15) is 9.59 Å². The highest BCUT2D eigenvalue weighted by Gasteiger charge is 2.46. The zero-order valence-corrected chi connectivity index (χ0v) is 12.0. The van der Waals surface area contributed by atoms with Crippen LogP contribution in [-0.4, -0.2) is 23.3 Å². The van der Waals surface area contributed by atoms with E-state index in [0.29, 0.717) is 25.9 Å². The average Bonchev–Trinajstić information content (AvgIpc) is 2.75. The predicted molar refractivity (Wildman–Crippen MR) is 80.1 cm³/mol. The molecule has 1 aromatic carbocycles. The van der Waals surface area contributed by atoms with Gasteiger partial charge >= 0.3 is 0 Å². The first-order chi connectivity index (χ1) is 10.2. The first-order valence-corrected chi connectivity index (χ1v) is 7.49. The van der Waals surface area contributed by atoms with Crippen molar-refractivity contribution in [1.29, 1.82) is 0 Å². The van der Waals surface area contributed by atoms with Crippen molar-refractivity contribution in [3.05, 3.63) is 47.5 Å². The highest BCUT2D eigenvalue weighted by atomic mass is 16.2. The van der Waals surface area contributed by atoms with Crippen molar-refractivity contribution in [2.75, 3.05) is 6.54 Å². The number of amides is 2. The molecule has 0 aromatic heterocycles. The molecule has 0 bridgehead atoms. The molecular weight excluding hydrogens is 264 g/mol. The molecule has 4 nitrogen and oxygen atoms in total. The smallest absolute Gasteiger partial charge is 0.233 e. The summed E-state index contributed by atoms with van der Waals surface area (Å²) in [6, 6.07) is 7.99. The van der Waals surface area contributed by atoms with Crippen molar-refractivity contribution in [2.24, 2.45) is 17.6 Å². The lowest BCUT2D eigenvalue weighted by molar-refractivity contribution is -0.140. The van der Waals surface area contributed by atoms with Crippen LogP contribution in [0.4, 0.5) is 0 Å². The Balaban J connectivity index is 1.73. The lowest BCUT2D eigenvalue weighted by Gasteiger charge is -2.15. The van der Waals surface area contributed by atoms with Gasteiger partial charge < -0.3 is 5.73 Å². The molecule has 1 aromatic rings. The van der Waals surface area contributed by atoms with Gasteiger partial charge in [-0.25, -0.2) is 0 Å². The Kier molecular flexibility index (Phi) is 3.88. The molecule has 1 fully saturated rings. The Hall–Kier alpha value is -1.94. The van der Waals surface area contributed by atoms with Gasteiger partial charge in [0.05, 0.1) is 18.4 Å². The summed E-state index contributed by atoms with van der Waals surface area (Å²) in [5, 5.41) is 0. The molecule has 1 heterocycles. The fraction of sp³-hybridized carbons (Fsp3) is 0.412. The first-order valence-electron chi connectivity index (χ1n) is 7.49. The quantitative estimate of drug-likeness (QED) is 0.675. The van der Waals surface area contributed by atoms with Crippen LogP contribution < -0.4 is 5.73 Å². The minimum atomic E-state index is -0.140. The number of carbonyl (C=O) groups excluding carboxylic acids is 2. The second-order valence-corrected chi connectivity index (χ2v) is 5.77. The van der Waals surface area contributed by atoms with Gasteiger partial charge in [0.15, 0.2) is 0 Å². The third-order valence-electron chi connectivity index (χ3n) is 4.40. The van der Waals surface area contributed by atoms with Gasteiger partial charge in [0.1, 0.15) is 0 Å². The number of benzene rings is 1. The van der Waals surface area contributed by atoms with Crippen LogP contribution in [0.1, 0.15) is 24.0 Å². The third kappa shape index (κ3) is 2.63. The molecule has 1 saturated heterocycles. The van der Waals surface area contributed by atoms with E-state index in [2.05, 4.69) is 0 Å². The summed E-state index contributed by atoms with van der Waals surface area (Å²) in [7, 11) is 0. The molecule has 0 radical (unpaired) electrons. The lowest BCUT2D eigenvalue weighted by Crippen LogP contribution is -2.30.